The number of nitrogens with zero attached hydrogens (tertiary/aromatic N) is 1. The van der Waals surface area contributed by atoms with Crippen molar-refractivity contribution in [1.29, 1.82) is 0 Å². The van der Waals surface area contributed by atoms with E-state index in [1.165, 1.54) is 9.40 Å². The molecule has 0 radical (unpaired) electrons. The van der Waals surface area contributed by atoms with Crippen molar-refractivity contribution in [1.82, 2.24) is 10.9 Å². The van der Waals surface area contributed by atoms with Crippen molar-refractivity contribution in [2.45, 2.75) is 6.42 Å². The molecule has 0 saturated heterocycles. The molecular weight excluding hydrogens is 344 g/mol. The van der Waals surface area contributed by atoms with Crippen molar-refractivity contribution in [3.63, 3.8) is 0 Å². The molecule has 0 atom stereocenters. The smallest absolute Gasteiger partial charge is 0.330 e. The molecule has 0 saturated carbocycles. The van der Waals surface area contributed by atoms with Gasteiger partial charge >= 0.3 is 6.03 Å². The highest BCUT2D eigenvalue weighted by Gasteiger charge is 2.11. The van der Waals surface area contributed by atoms with Gasteiger partial charge in [0.1, 0.15) is 5.84 Å². The van der Waals surface area contributed by atoms with E-state index in [4.69, 9.17) is 17.3 Å². The average molecular weight is 359 g/mol. The Balaban J connectivity index is 0.000000198. The van der Waals surface area contributed by atoms with Gasteiger partial charge in [-0.15, -0.1) is 11.3 Å². The minimum Gasteiger partial charge on any atom is -0.350 e. The van der Waals surface area contributed by atoms with E-state index in [9.17, 15) is 4.79 Å². The lowest BCUT2D eigenvalue weighted by Gasteiger charge is -2.10. The summed E-state index contributed by atoms with van der Waals surface area (Å²) >= 11 is 7.96. The zero-order valence-corrected chi connectivity index (χ0v) is 14.2. The molecule has 3 aromatic rings. The van der Waals surface area contributed by atoms with Crippen LogP contribution >= 0.6 is 22.9 Å². The van der Waals surface area contributed by atoms with E-state index in [0.717, 1.165) is 11.1 Å². The minimum atomic E-state index is -0.666. The number of amidine groups is 1. The largest absolute Gasteiger partial charge is 0.350 e. The third kappa shape index (κ3) is 4.04. The van der Waals surface area contributed by atoms with Crippen LogP contribution in [0.5, 0.6) is 0 Å². The van der Waals surface area contributed by atoms with Crippen LogP contribution in [0.25, 0.3) is 15.5 Å². The van der Waals surface area contributed by atoms with Crippen LogP contribution < -0.4 is 16.6 Å². The summed E-state index contributed by atoms with van der Waals surface area (Å²) in [6.45, 7) is 0. The molecule has 2 amide bonds. The summed E-state index contributed by atoms with van der Waals surface area (Å²) in [5.41, 5.74) is 11.9. The highest BCUT2D eigenvalue weighted by atomic mass is 35.5. The molecule has 122 valence electrons. The topological polar surface area (TPSA) is 79.5 Å². The summed E-state index contributed by atoms with van der Waals surface area (Å²) < 4.78 is 2.77. The Bertz CT molecular complexity index is 858. The molecule has 2 aromatic heterocycles. The van der Waals surface area contributed by atoms with E-state index >= 15 is 0 Å². The van der Waals surface area contributed by atoms with Crippen LogP contribution in [0.3, 0.4) is 0 Å². The predicted octanol–water partition coefficient (Wildman–Crippen LogP) is 3.78. The fourth-order valence-corrected chi connectivity index (χ4v) is 3.33. The number of amides is 2. The van der Waals surface area contributed by atoms with Gasteiger partial charge in [-0.25, -0.2) is 9.79 Å². The number of benzene rings is 2. The van der Waals surface area contributed by atoms with E-state index < -0.39 is 6.03 Å². The molecular formula is C17H15ClN4OS. The van der Waals surface area contributed by atoms with Gasteiger partial charge in [-0.2, -0.15) is 0 Å². The number of urea groups is 1. The minimum absolute atomic E-state index is 0.502. The molecule has 0 spiro atoms. The number of hydrogen-bond acceptors (Lipinski definition) is 4. The van der Waals surface area contributed by atoms with Crippen molar-refractivity contribution in [3.8, 4) is 0 Å². The molecule has 4 N–H and O–H groups in total. The number of hydrazine groups is 1. The van der Waals surface area contributed by atoms with Gasteiger partial charge in [-0.1, -0.05) is 23.7 Å². The maximum absolute atomic E-state index is 10.6. The first-order valence-corrected chi connectivity index (χ1v) is 8.41. The number of thiophene rings is 2. The van der Waals surface area contributed by atoms with Crippen molar-refractivity contribution in [3.05, 3.63) is 64.8 Å². The van der Waals surface area contributed by atoms with Crippen molar-refractivity contribution >= 4 is 50.3 Å². The van der Waals surface area contributed by atoms with Crippen LogP contribution in [-0.4, -0.2) is 11.9 Å². The lowest BCUT2D eigenvalue weighted by Crippen LogP contribution is -2.45. The molecule has 2 bridgehead atoms. The van der Waals surface area contributed by atoms with Crippen LogP contribution in [0, 0.1) is 0 Å². The number of halogens is 1. The number of nitrogens with one attached hydrogen (secondary N) is 2. The molecule has 1 aromatic carbocycles. The van der Waals surface area contributed by atoms with E-state index in [-0.39, 0.29) is 0 Å². The van der Waals surface area contributed by atoms with Gasteiger partial charge in [0.25, 0.3) is 0 Å². The number of primary amides is 1. The summed E-state index contributed by atoms with van der Waals surface area (Å²) in [6, 6.07) is 13.5. The molecule has 7 heteroatoms. The second-order valence-corrected chi connectivity index (χ2v) is 6.62. The highest BCUT2D eigenvalue weighted by Crippen LogP contribution is 2.23. The van der Waals surface area contributed by atoms with E-state index in [1.807, 2.05) is 35.6 Å². The molecule has 24 heavy (non-hydrogen) atoms. The van der Waals surface area contributed by atoms with Gasteiger partial charge in [-0.3, -0.25) is 10.9 Å². The number of carbonyl (C=O) groups is 1. The molecule has 5 nitrogen and oxygen atoms in total. The first kappa shape index (κ1) is 16.3. The third-order valence-electron chi connectivity index (χ3n) is 3.37. The second-order valence-electron chi connectivity index (χ2n) is 5.06. The van der Waals surface area contributed by atoms with E-state index in [0.29, 0.717) is 17.3 Å². The van der Waals surface area contributed by atoms with Gasteiger partial charge in [-0.05, 0) is 47.5 Å². The van der Waals surface area contributed by atoms with Gasteiger partial charge < -0.3 is 5.73 Å². The lowest BCUT2D eigenvalue weighted by molar-refractivity contribution is 0.247. The normalized spacial score (nSPS) is 12.6. The van der Waals surface area contributed by atoms with E-state index in [1.54, 1.807) is 6.20 Å². The summed E-state index contributed by atoms with van der Waals surface area (Å²) in [4.78, 5) is 14.7. The first-order chi connectivity index (χ1) is 11.6. The standard InChI is InChI=1S/C11H11ClN4O.C6H4S/c12-9-3-1-2-7-4-5-14-10(6-8(7)9)15-16-11(13)17;1-2-6-4-3-5(1)7-6/h1-5H,6H2,(H,14,15)(H3,13,16,17);1-4H. The second kappa shape index (κ2) is 7.33. The zero-order chi connectivity index (χ0) is 16.9. The number of fused-ring (bicyclic) bond motifs is 3. The van der Waals surface area contributed by atoms with Gasteiger partial charge in [0, 0.05) is 27.0 Å². The summed E-state index contributed by atoms with van der Waals surface area (Å²) in [7, 11) is 0. The molecule has 1 aliphatic heterocycles. The SMILES string of the molecule is NC(=O)NNC1=NC=Cc2cccc(Cl)c2C1.c1cc2ccc1s2. The molecule has 3 heterocycles. The number of rotatable bonds is 0. The van der Waals surface area contributed by atoms with Crippen molar-refractivity contribution in [2.75, 3.05) is 0 Å². The van der Waals surface area contributed by atoms with Crippen LogP contribution in [0.2, 0.25) is 5.02 Å². The molecule has 0 fully saturated rings. The Hall–Kier alpha value is -2.57. The Morgan fingerprint density at radius 3 is 2.46 bits per heavy atom. The summed E-state index contributed by atoms with van der Waals surface area (Å²) in [5, 5.41) is 0.669. The average Bonchev–Trinajstić information content (AvgIpc) is 3.15. The Morgan fingerprint density at radius 1 is 1.17 bits per heavy atom. The fraction of sp³-hybridized carbons (Fsp3) is 0.0588. The Kier molecular flexibility index (Phi) is 4.98. The quantitative estimate of drug-likeness (QED) is 0.535. The summed E-state index contributed by atoms with van der Waals surface area (Å²) in [5.74, 6) is 0.576. The molecule has 4 rings (SSSR count). The molecule has 0 aliphatic carbocycles. The van der Waals surface area contributed by atoms with Crippen LogP contribution in [-0.2, 0) is 6.42 Å². The lowest BCUT2D eigenvalue weighted by atomic mass is 10.0. The Labute approximate surface area is 148 Å². The van der Waals surface area contributed by atoms with Crippen molar-refractivity contribution in [2.24, 2.45) is 10.7 Å². The number of aliphatic imine (C=N–C) groups is 1. The van der Waals surface area contributed by atoms with Crippen molar-refractivity contribution < 1.29 is 4.79 Å². The number of nitrogens with two attached hydrogens (primary N) is 1. The van der Waals surface area contributed by atoms with Crippen LogP contribution in [0.4, 0.5) is 4.79 Å². The highest BCUT2D eigenvalue weighted by molar-refractivity contribution is 7.24. The predicted molar refractivity (Wildman–Crippen MR) is 100 cm³/mol. The van der Waals surface area contributed by atoms with Crippen LogP contribution in [0.1, 0.15) is 11.1 Å². The third-order valence-corrected chi connectivity index (χ3v) is 4.74. The summed E-state index contributed by atoms with van der Waals surface area (Å²) in [6.07, 6.45) is 4.01. The van der Waals surface area contributed by atoms with Gasteiger partial charge in [0.05, 0.1) is 0 Å². The molecule has 0 unspecified atom stereocenters. The maximum atomic E-state index is 10.6. The monoisotopic (exact) mass is 358 g/mol. The fourth-order valence-electron chi connectivity index (χ4n) is 2.26. The first-order valence-electron chi connectivity index (χ1n) is 7.22. The van der Waals surface area contributed by atoms with Gasteiger partial charge in [0.2, 0.25) is 0 Å². The molecule has 1 aliphatic rings. The number of carbonyl (C=O) groups excluding carboxylic acids is 1. The van der Waals surface area contributed by atoms with Gasteiger partial charge in [0.15, 0.2) is 0 Å². The van der Waals surface area contributed by atoms with Crippen LogP contribution in [0.15, 0.2) is 53.7 Å². The maximum Gasteiger partial charge on any atom is 0.330 e. The number of hydrogen-bond donors (Lipinski definition) is 3. The van der Waals surface area contributed by atoms with E-state index in [2.05, 4.69) is 40.1 Å². The Morgan fingerprint density at radius 2 is 1.88 bits per heavy atom. The zero-order valence-electron chi connectivity index (χ0n) is 12.6.